The molecular weight excluding hydrogens is 492 g/mol. The normalized spacial score (nSPS) is 27.0. The zero-order chi connectivity index (χ0) is 27.2. The van der Waals surface area contributed by atoms with Crippen molar-refractivity contribution in [3.63, 3.8) is 0 Å². The van der Waals surface area contributed by atoms with E-state index in [0.29, 0.717) is 30.9 Å². The number of hydrogen-bond donors (Lipinski definition) is 2. The number of nitrogens with zero attached hydrogens (tertiary/aromatic N) is 1. The lowest BCUT2D eigenvalue weighted by atomic mass is 9.83. The first-order valence-electron chi connectivity index (χ1n) is 13.1. The first-order chi connectivity index (χ1) is 17.4. The van der Waals surface area contributed by atoms with Gasteiger partial charge < -0.3 is 15.2 Å². The van der Waals surface area contributed by atoms with Gasteiger partial charge in [0, 0.05) is 25.6 Å². The highest BCUT2D eigenvalue weighted by molar-refractivity contribution is 5.80. The number of carbonyl (C=O) groups excluding carboxylic acids is 1. The number of amides is 1. The van der Waals surface area contributed by atoms with Crippen molar-refractivity contribution < 1.29 is 37.0 Å². The molecule has 2 unspecified atom stereocenters. The molecule has 2 fully saturated rings. The number of carboxylic acids is 1. The highest BCUT2D eigenvalue weighted by Gasteiger charge is 2.33. The molecule has 0 spiro atoms. The third kappa shape index (κ3) is 8.95. The topological polar surface area (TPSA) is 78.9 Å². The van der Waals surface area contributed by atoms with Crippen molar-refractivity contribution in [2.45, 2.75) is 83.7 Å². The number of ether oxygens (including phenoxy) is 1. The Bertz CT molecular complexity index is 918. The van der Waals surface area contributed by atoms with Gasteiger partial charge in [0.1, 0.15) is 11.9 Å². The smallest absolute Gasteiger partial charge is 0.416 e. The Balaban J connectivity index is 1.49. The molecule has 6 nitrogen and oxygen atoms in total. The van der Waals surface area contributed by atoms with Crippen molar-refractivity contribution in [3.05, 3.63) is 35.1 Å². The third-order valence-electron chi connectivity index (χ3n) is 7.71. The number of benzene rings is 1. The van der Waals surface area contributed by atoms with E-state index in [-0.39, 0.29) is 30.5 Å². The van der Waals surface area contributed by atoms with Gasteiger partial charge in [0.25, 0.3) is 0 Å². The summed E-state index contributed by atoms with van der Waals surface area (Å²) in [4.78, 5) is 26.2. The molecule has 2 aliphatic rings. The highest BCUT2D eigenvalue weighted by atomic mass is 19.4. The molecule has 37 heavy (non-hydrogen) atoms. The van der Waals surface area contributed by atoms with Crippen molar-refractivity contribution in [2.24, 2.45) is 17.8 Å². The summed E-state index contributed by atoms with van der Waals surface area (Å²) in [7, 11) is 0. The van der Waals surface area contributed by atoms with Crippen LogP contribution in [-0.4, -0.2) is 53.7 Å². The number of aliphatic carboxylic acids is 1. The molecule has 0 aliphatic carbocycles. The summed E-state index contributed by atoms with van der Waals surface area (Å²) >= 11 is 0. The standard InChI is InChI=1S/C27H38F4N2O4/c1-17-5-6-20(18(2)10-25(34)35)4-3-9-33(15-17)23-7-8-24(37-16-23)26(36)32-14-19-11-21(27(29,30)31)13-22(28)12-19/h11-13,17-18,20,23-24H,3-10,14-16H2,1-2H3,(H,32,36)(H,34,35)/t17?,18-,20?,23+,24+/m0/s1. The van der Waals surface area contributed by atoms with E-state index in [1.165, 1.54) is 0 Å². The maximum Gasteiger partial charge on any atom is 0.416 e. The van der Waals surface area contributed by atoms with Crippen LogP contribution >= 0.6 is 0 Å². The van der Waals surface area contributed by atoms with Gasteiger partial charge in [-0.05, 0) is 86.6 Å². The minimum absolute atomic E-state index is 0.0380. The Labute approximate surface area is 215 Å². The second-order valence-electron chi connectivity index (χ2n) is 10.8. The molecule has 2 N–H and O–H groups in total. The van der Waals surface area contributed by atoms with Gasteiger partial charge in [0.05, 0.1) is 12.2 Å². The molecular formula is C27H38F4N2O4. The van der Waals surface area contributed by atoms with Crippen LogP contribution in [0, 0.1) is 23.6 Å². The fourth-order valence-corrected chi connectivity index (χ4v) is 5.58. The van der Waals surface area contributed by atoms with Crippen LogP contribution in [0.1, 0.15) is 69.9 Å². The van der Waals surface area contributed by atoms with Gasteiger partial charge in [-0.25, -0.2) is 4.39 Å². The second-order valence-corrected chi connectivity index (χ2v) is 10.8. The SMILES string of the molecule is CC1CCC([C@@H](C)CC(=O)O)CCCN([C@@H]2CC[C@H](C(=O)NCc3cc(F)cc(C(F)(F)F)c3)OC2)C1. The number of nitrogens with one attached hydrogen (secondary N) is 1. The van der Waals surface area contributed by atoms with Crippen molar-refractivity contribution in [1.82, 2.24) is 10.2 Å². The summed E-state index contributed by atoms with van der Waals surface area (Å²) in [6.45, 7) is 6.24. The monoisotopic (exact) mass is 530 g/mol. The van der Waals surface area contributed by atoms with Crippen LogP contribution in [0.2, 0.25) is 0 Å². The molecule has 0 bridgehead atoms. The van der Waals surface area contributed by atoms with Crippen molar-refractivity contribution >= 4 is 11.9 Å². The Morgan fingerprint density at radius 1 is 1.16 bits per heavy atom. The average molecular weight is 531 g/mol. The van der Waals surface area contributed by atoms with E-state index in [1.54, 1.807) is 0 Å². The fraction of sp³-hybridized carbons (Fsp3) is 0.704. The Hall–Kier alpha value is -2.20. The summed E-state index contributed by atoms with van der Waals surface area (Å²) in [5.74, 6) is -1.14. The first-order valence-corrected chi connectivity index (χ1v) is 13.1. The van der Waals surface area contributed by atoms with Crippen molar-refractivity contribution in [1.29, 1.82) is 0 Å². The molecule has 0 radical (unpaired) electrons. The molecule has 2 aliphatic heterocycles. The minimum atomic E-state index is -4.66. The van der Waals surface area contributed by atoms with Crippen LogP contribution in [0.15, 0.2) is 18.2 Å². The number of rotatable bonds is 7. The molecule has 2 saturated heterocycles. The molecule has 3 rings (SSSR count). The summed E-state index contributed by atoms with van der Waals surface area (Å²) in [5.41, 5.74) is -1.05. The number of carboxylic acid groups (broad SMARTS) is 1. The van der Waals surface area contributed by atoms with Crippen LogP contribution in [0.25, 0.3) is 0 Å². The number of carbonyl (C=O) groups is 2. The third-order valence-corrected chi connectivity index (χ3v) is 7.71. The number of halogens is 4. The zero-order valence-corrected chi connectivity index (χ0v) is 21.5. The van der Waals surface area contributed by atoms with Crippen molar-refractivity contribution in [2.75, 3.05) is 19.7 Å². The van der Waals surface area contributed by atoms with E-state index in [0.717, 1.165) is 57.3 Å². The van der Waals surface area contributed by atoms with E-state index in [1.807, 2.05) is 6.92 Å². The van der Waals surface area contributed by atoms with Crippen LogP contribution in [0.3, 0.4) is 0 Å². The predicted octanol–water partition coefficient (Wildman–Crippen LogP) is 5.25. The summed E-state index contributed by atoms with van der Waals surface area (Å²) in [5, 5.41) is 11.7. The highest BCUT2D eigenvalue weighted by Crippen LogP contribution is 2.32. The van der Waals surface area contributed by atoms with Gasteiger partial charge in [-0.2, -0.15) is 13.2 Å². The number of hydrogen-bond acceptors (Lipinski definition) is 4. The lowest BCUT2D eigenvalue weighted by Gasteiger charge is -2.37. The van der Waals surface area contributed by atoms with Crippen LogP contribution < -0.4 is 5.32 Å². The molecule has 1 aromatic rings. The fourth-order valence-electron chi connectivity index (χ4n) is 5.58. The molecule has 1 amide bonds. The maximum atomic E-state index is 13.6. The minimum Gasteiger partial charge on any atom is -0.481 e. The van der Waals surface area contributed by atoms with Gasteiger partial charge in [0.2, 0.25) is 5.91 Å². The second kappa shape index (κ2) is 13.0. The molecule has 0 aromatic heterocycles. The lowest BCUT2D eigenvalue weighted by Crippen LogP contribution is -2.48. The molecule has 2 heterocycles. The Morgan fingerprint density at radius 3 is 2.57 bits per heavy atom. The number of alkyl halides is 3. The molecule has 1 aromatic carbocycles. The van der Waals surface area contributed by atoms with E-state index in [4.69, 9.17) is 9.84 Å². The summed E-state index contributed by atoms with van der Waals surface area (Å²) < 4.78 is 58.2. The zero-order valence-electron chi connectivity index (χ0n) is 21.5. The van der Waals surface area contributed by atoms with Gasteiger partial charge in [-0.15, -0.1) is 0 Å². The summed E-state index contributed by atoms with van der Waals surface area (Å²) in [6.07, 6.45) is 0.153. The largest absolute Gasteiger partial charge is 0.481 e. The molecule has 10 heteroatoms. The Kier molecular flexibility index (Phi) is 10.3. The van der Waals surface area contributed by atoms with E-state index in [2.05, 4.69) is 17.1 Å². The quantitative estimate of drug-likeness (QED) is 0.471. The first kappa shape index (κ1) is 29.4. The molecule has 208 valence electrons. The van der Waals surface area contributed by atoms with Gasteiger partial charge >= 0.3 is 12.1 Å². The van der Waals surface area contributed by atoms with Gasteiger partial charge in [-0.1, -0.05) is 13.8 Å². The summed E-state index contributed by atoms with van der Waals surface area (Å²) in [6, 6.07) is 2.42. The van der Waals surface area contributed by atoms with Crippen molar-refractivity contribution in [3.8, 4) is 0 Å². The maximum absolute atomic E-state index is 13.6. The van der Waals surface area contributed by atoms with Crippen LogP contribution in [0.5, 0.6) is 0 Å². The predicted molar refractivity (Wildman–Crippen MR) is 130 cm³/mol. The van der Waals surface area contributed by atoms with Crippen LogP contribution in [0.4, 0.5) is 17.6 Å². The molecule has 0 saturated carbocycles. The lowest BCUT2D eigenvalue weighted by molar-refractivity contribution is -0.139. The van der Waals surface area contributed by atoms with Crippen LogP contribution in [-0.2, 0) is 27.0 Å². The Morgan fingerprint density at radius 2 is 1.92 bits per heavy atom. The van der Waals surface area contributed by atoms with Gasteiger partial charge in [-0.3, -0.25) is 14.5 Å². The van der Waals surface area contributed by atoms with E-state index in [9.17, 15) is 27.2 Å². The molecule has 5 atom stereocenters. The average Bonchev–Trinajstić information content (AvgIpc) is 2.91. The van der Waals surface area contributed by atoms with Gasteiger partial charge in [0.15, 0.2) is 0 Å². The van der Waals surface area contributed by atoms with E-state index >= 15 is 0 Å². The van der Waals surface area contributed by atoms with E-state index < -0.39 is 35.5 Å².